The van der Waals surface area contributed by atoms with Gasteiger partial charge in [0, 0.05) is 43.5 Å². The van der Waals surface area contributed by atoms with Gasteiger partial charge in [-0.2, -0.15) is 0 Å². The van der Waals surface area contributed by atoms with Crippen molar-refractivity contribution >= 4 is 50.1 Å². The van der Waals surface area contributed by atoms with E-state index in [1.807, 2.05) is 49.9 Å². The maximum atomic E-state index is 13.6. The summed E-state index contributed by atoms with van der Waals surface area (Å²) < 4.78 is 26.9. The van der Waals surface area contributed by atoms with Gasteiger partial charge in [0.2, 0.25) is 16.0 Å². The average Bonchev–Trinajstić information content (AvgIpc) is 3.41. The predicted molar refractivity (Wildman–Crippen MR) is 164 cm³/mol. The number of benzene rings is 1. The lowest BCUT2D eigenvalue weighted by atomic mass is 9.99. The fourth-order valence-corrected chi connectivity index (χ4v) is 6.02. The third kappa shape index (κ3) is 6.09. The molecule has 3 aromatic heterocycles. The number of pyridine rings is 2. The minimum atomic E-state index is -3.83. The minimum absolute atomic E-state index is 0.0357. The second kappa shape index (κ2) is 11.3. The van der Waals surface area contributed by atoms with Crippen molar-refractivity contribution in [3.8, 4) is 0 Å². The predicted octanol–water partition coefficient (Wildman–Crippen LogP) is 3.85. The molecule has 4 heterocycles. The van der Waals surface area contributed by atoms with Crippen molar-refractivity contribution in [2.45, 2.75) is 39.2 Å². The number of aryl methyl sites for hydroxylation is 2. The van der Waals surface area contributed by atoms with E-state index in [0.717, 1.165) is 42.6 Å². The highest BCUT2D eigenvalue weighted by molar-refractivity contribution is 7.89. The summed E-state index contributed by atoms with van der Waals surface area (Å²) in [4.78, 5) is 41.9. The van der Waals surface area contributed by atoms with Gasteiger partial charge in [0.25, 0.3) is 11.5 Å². The third-order valence-electron chi connectivity index (χ3n) is 7.39. The summed E-state index contributed by atoms with van der Waals surface area (Å²) in [7, 11) is -2.09. The summed E-state index contributed by atoms with van der Waals surface area (Å²) in [6, 6.07) is 10.5. The number of halogens is 1. The van der Waals surface area contributed by atoms with Gasteiger partial charge in [0.05, 0.1) is 28.9 Å². The molecule has 1 saturated heterocycles. The van der Waals surface area contributed by atoms with Crippen LogP contribution in [0.2, 0.25) is 5.15 Å². The van der Waals surface area contributed by atoms with Crippen molar-refractivity contribution < 1.29 is 13.2 Å². The molecular formula is C29H32ClN7O4S. The molecule has 2 N–H and O–H groups in total. The number of amides is 1. The van der Waals surface area contributed by atoms with Crippen molar-refractivity contribution in [1.29, 1.82) is 0 Å². The van der Waals surface area contributed by atoms with Crippen LogP contribution in [-0.2, 0) is 17.1 Å². The molecule has 1 amide bonds. The molecule has 13 heteroatoms. The molecule has 1 aromatic carbocycles. The van der Waals surface area contributed by atoms with Crippen LogP contribution in [0.1, 0.15) is 58.2 Å². The first-order valence-electron chi connectivity index (χ1n) is 13.4. The number of sulfonamides is 1. The van der Waals surface area contributed by atoms with Crippen LogP contribution in [0.15, 0.2) is 47.4 Å². The van der Waals surface area contributed by atoms with Crippen molar-refractivity contribution in [3.05, 3.63) is 86.2 Å². The second-order valence-corrected chi connectivity index (χ2v) is 12.9. The van der Waals surface area contributed by atoms with E-state index in [1.54, 1.807) is 17.7 Å². The van der Waals surface area contributed by atoms with Crippen molar-refractivity contribution in [3.63, 3.8) is 0 Å². The van der Waals surface area contributed by atoms with Crippen LogP contribution < -0.4 is 20.5 Å². The number of rotatable bonds is 7. The highest BCUT2D eigenvalue weighted by atomic mass is 35.5. The van der Waals surface area contributed by atoms with Gasteiger partial charge in [0.15, 0.2) is 5.69 Å². The molecular weight excluding hydrogens is 578 g/mol. The summed E-state index contributed by atoms with van der Waals surface area (Å²) in [5, 5.41) is 3.77. The average molecular weight is 610 g/mol. The smallest absolute Gasteiger partial charge is 0.285 e. The number of fused-ring (bicyclic) bond motifs is 1. The Morgan fingerprint density at radius 1 is 1.14 bits per heavy atom. The molecule has 0 spiro atoms. The summed E-state index contributed by atoms with van der Waals surface area (Å²) in [5.74, 6) is -0.0307. The molecule has 2 atom stereocenters. The van der Waals surface area contributed by atoms with E-state index in [4.69, 9.17) is 16.6 Å². The van der Waals surface area contributed by atoms with Gasteiger partial charge in [0.1, 0.15) is 5.15 Å². The number of aromatic nitrogens is 4. The van der Waals surface area contributed by atoms with E-state index < -0.39 is 22.0 Å². The first-order chi connectivity index (χ1) is 19.8. The summed E-state index contributed by atoms with van der Waals surface area (Å²) in [5.41, 5.74) is 4.30. The monoisotopic (exact) mass is 609 g/mol. The normalized spacial score (nSPS) is 16.0. The fraction of sp³-hybridized carbons (Fsp3) is 0.345. The SMILES string of the molecule is Cc1cc([C@@H](C)Nc2ccc(Cl)nc2C(=O)NS(C)(=O)=O)c2nc(N3CC[C@@H](c4ccnc(C)c4)C3)n(C)c(=O)c2c1. The van der Waals surface area contributed by atoms with E-state index in [2.05, 4.69) is 26.3 Å². The minimum Gasteiger partial charge on any atom is -0.377 e. The quantitative estimate of drug-likeness (QED) is 0.299. The van der Waals surface area contributed by atoms with Gasteiger partial charge < -0.3 is 10.2 Å². The van der Waals surface area contributed by atoms with E-state index >= 15 is 0 Å². The molecule has 4 aromatic rings. The van der Waals surface area contributed by atoms with Crippen LogP contribution in [0.5, 0.6) is 0 Å². The van der Waals surface area contributed by atoms with Crippen molar-refractivity contribution in [2.75, 3.05) is 29.6 Å². The van der Waals surface area contributed by atoms with Crippen LogP contribution in [0, 0.1) is 13.8 Å². The molecule has 1 fully saturated rings. The van der Waals surface area contributed by atoms with Crippen LogP contribution in [0.3, 0.4) is 0 Å². The van der Waals surface area contributed by atoms with E-state index in [-0.39, 0.29) is 22.1 Å². The molecule has 5 rings (SSSR count). The molecule has 42 heavy (non-hydrogen) atoms. The lowest BCUT2D eigenvalue weighted by Crippen LogP contribution is -2.31. The summed E-state index contributed by atoms with van der Waals surface area (Å²) in [6.07, 6.45) is 3.64. The Kier molecular flexibility index (Phi) is 7.95. The Morgan fingerprint density at radius 3 is 2.62 bits per heavy atom. The van der Waals surface area contributed by atoms with Gasteiger partial charge in [-0.25, -0.2) is 23.1 Å². The van der Waals surface area contributed by atoms with Gasteiger partial charge in [-0.15, -0.1) is 0 Å². The standard InChI is InChI=1S/C29H32ClN7O4S/c1-16-12-21(18(3)32-23-6-7-24(30)33-26(23)27(38)35-42(5,40)41)25-22(13-16)28(39)36(4)29(34-25)37-11-9-20(15-37)19-8-10-31-17(2)14-19/h6-8,10,12-14,18,20,32H,9,11,15H2,1-5H3,(H,35,38)/t18-,20-/m1/s1. The first-order valence-corrected chi connectivity index (χ1v) is 15.7. The van der Waals surface area contributed by atoms with E-state index in [0.29, 0.717) is 22.8 Å². The summed E-state index contributed by atoms with van der Waals surface area (Å²) in [6.45, 7) is 7.23. The number of carbonyl (C=O) groups excluding carboxylic acids is 1. The largest absolute Gasteiger partial charge is 0.377 e. The summed E-state index contributed by atoms with van der Waals surface area (Å²) >= 11 is 6.03. The fourth-order valence-electron chi connectivity index (χ4n) is 5.44. The number of nitrogens with zero attached hydrogens (tertiary/aromatic N) is 5. The molecule has 0 aliphatic carbocycles. The van der Waals surface area contributed by atoms with Crippen molar-refractivity contribution in [2.24, 2.45) is 7.05 Å². The number of carbonyl (C=O) groups is 1. The second-order valence-electron chi connectivity index (χ2n) is 10.8. The number of hydrogen-bond donors (Lipinski definition) is 2. The topological polar surface area (TPSA) is 139 Å². The Morgan fingerprint density at radius 2 is 1.90 bits per heavy atom. The van der Waals surface area contributed by atoms with E-state index in [1.165, 1.54) is 11.6 Å². The maximum absolute atomic E-state index is 13.6. The highest BCUT2D eigenvalue weighted by Crippen LogP contribution is 2.32. The number of hydrogen-bond acceptors (Lipinski definition) is 9. The molecule has 11 nitrogen and oxygen atoms in total. The van der Waals surface area contributed by atoms with E-state index in [9.17, 15) is 18.0 Å². The zero-order valence-electron chi connectivity index (χ0n) is 24.0. The zero-order valence-corrected chi connectivity index (χ0v) is 25.5. The Balaban J connectivity index is 1.52. The van der Waals surface area contributed by atoms with Gasteiger partial charge in [-0.1, -0.05) is 17.7 Å². The first kappa shape index (κ1) is 29.5. The Hall–Kier alpha value is -4.03. The Labute approximate surface area is 249 Å². The van der Waals surface area contributed by atoms with Crippen LogP contribution >= 0.6 is 11.6 Å². The number of nitrogens with one attached hydrogen (secondary N) is 2. The molecule has 0 bridgehead atoms. The van der Waals surface area contributed by atoms with Gasteiger partial charge in [-0.3, -0.25) is 19.1 Å². The van der Waals surface area contributed by atoms with Crippen LogP contribution in [0.4, 0.5) is 11.6 Å². The van der Waals surface area contributed by atoms with Crippen LogP contribution in [-0.4, -0.2) is 53.2 Å². The molecule has 1 aliphatic rings. The molecule has 0 radical (unpaired) electrons. The highest BCUT2D eigenvalue weighted by Gasteiger charge is 2.28. The zero-order chi connectivity index (χ0) is 30.3. The Bertz CT molecular complexity index is 1880. The molecule has 220 valence electrons. The third-order valence-corrected chi connectivity index (χ3v) is 8.15. The number of anilines is 2. The molecule has 0 unspecified atom stereocenters. The van der Waals surface area contributed by atoms with Crippen LogP contribution in [0.25, 0.3) is 10.9 Å². The molecule has 1 aliphatic heterocycles. The lowest BCUT2D eigenvalue weighted by molar-refractivity contribution is 0.0977. The molecule has 0 saturated carbocycles. The van der Waals surface area contributed by atoms with Gasteiger partial charge in [-0.05, 0) is 68.7 Å². The van der Waals surface area contributed by atoms with Gasteiger partial charge >= 0.3 is 0 Å². The lowest BCUT2D eigenvalue weighted by Gasteiger charge is -2.23. The van der Waals surface area contributed by atoms with Crippen molar-refractivity contribution in [1.82, 2.24) is 24.2 Å². The maximum Gasteiger partial charge on any atom is 0.285 e.